The first-order valence-electron chi connectivity index (χ1n) is 8.23. The molecule has 0 aliphatic heterocycles. The van der Waals surface area contributed by atoms with Crippen molar-refractivity contribution in [2.75, 3.05) is 37.4 Å². The molecule has 2 aromatic rings. The molecule has 2 rings (SSSR count). The number of rotatable bonds is 8. The Morgan fingerprint density at radius 1 is 1.00 bits per heavy atom. The molecule has 2 amide bonds. The second-order valence-electron chi connectivity index (χ2n) is 5.74. The van der Waals surface area contributed by atoms with E-state index in [2.05, 4.69) is 10.6 Å². The van der Waals surface area contributed by atoms with E-state index in [4.69, 9.17) is 4.74 Å². The molecule has 0 radical (unpaired) electrons. The summed E-state index contributed by atoms with van der Waals surface area (Å²) < 4.78 is 18.4. The van der Waals surface area contributed by atoms with Gasteiger partial charge in [-0.05, 0) is 56.4 Å². The van der Waals surface area contributed by atoms with Crippen LogP contribution in [0.2, 0.25) is 0 Å². The summed E-state index contributed by atoms with van der Waals surface area (Å²) in [6, 6.07) is 12.7. The fourth-order valence-electron chi connectivity index (χ4n) is 2.31. The minimum atomic E-state index is -0.425. The minimum absolute atomic E-state index is 0.00715. The largest absolute Gasteiger partial charge is 0.494 e. The molecule has 0 bridgehead atoms. The fraction of sp³-hybridized carbons (Fsp3) is 0.263. The van der Waals surface area contributed by atoms with E-state index >= 15 is 0 Å². The van der Waals surface area contributed by atoms with Crippen LogP contribution in [0, 0.1) is 5.82 Å². The molecular weight excluding hydrogens is 337 g/mol. The van der Waals surface area contributed by atoms with E-state index in [1.165, 1.54) is 18.2 Å². The SMILES string of the molecule is CCOc1ccc(NC(=O)CN(C)CC(=O)Nc2cccc(F)c2)cc1. The standard InChI is InChI=1S/C19H22FN3O3/c1-3-26-17-9-7-15(8-10-17)21-18(24)12-23(2)13-19(25)22-16-6-4-5-14(20)11-16/h4-11H,3,12-13H2,1-2H3,(H,21,24)(H,22,25). The first-order chi connectivity index (χ1) is 12.5. The van der Waals surface area contributed by atoms with Gasteiger partial charge in [0, 0.05) is 11.4 Å². The third-order valence-corrected chi connectivity index (χ3v) is 3.38. The maximum absolute atomic E-state index is 13.1. The van der Waals surface area contributed by atoms with E-state index in [0.717, 1.165) is 5.75 Å². The Morgan fingerprint density at radius 2 is 1.62 bits per heavy atom. The summed E-state index contributed by atoms with van der Waals surface area (Å²) in [4.78, 5) is 25.6. The van der Waals surface area contributed by atoms with Crippen molar-refractivity contribution in [3.05, 3.63) is 54.3 Å². The number of benzene rings is 2. The predicted octanol–water partition coefficient (Wildman–Crippen LogP) is 2.73. The average molecular weight is 359 g/mol. The smallest absolute Gasteiger partial charge is 0.238 e. The zero-order chi connectivity index (χ0) is 18.9. The molecule has 0 aliphatic carbocycles. The Hall–Kier alpha value is -2.93. The van der Waals surface area contributed by atoms with Crippen molar-refractivity contribution in [1.29, 1.82) is 0 Å². The second kappa shape index (κ2) is 9.53. The first kappa shape index (κ1) is 19.4. The van der Waals surface area contributed by atoms with Gasteiger partial charge in [0.25, 0.3) is 0 Å². The highest BCUT2D eigenvalue weighted by atomic mass is 19.1. The Labute approximate surface area is 152 Å². The molecule has 2 N–H and O–H groups in total. The molecule has 0 unspecified atom stereocenters. The van der Waals surface area contributed by atoms with Gasteiger partial charge in [0.1, 0.15) is 11.6 Å². The number of carbonyl (C=O) groups excluding carboxylic acids is 2. The number of hydrogen-bond donors (Lipinski definition) is 2. The summed E-state index contributed by atoms with van der Waals surface area (Å²) in [7, 11) is 1.66. The monoisotopic (exact) mass is 359 g/mol. The number of likely N-dealkylation sites (N-methyl/N-ethyl adjacent to an activating group) is 1. The van der Waals surface area contributed by atoms with Crippen LogP contribution in [-0.2, 0) is 9.59 Å². The highest BCUT2D eigenvalue weighted by Crippen LogP contribution is 2.15. The quantitative estimate of drug-likeness (QED) is 0.760. The second-order valence-corrected chi connectivity index (χ2v) is 5.74. The molecule has 0 atom stereocenters. The van der Waals surface area contributed by atoms with Gasteiger partial charge >= 0.3 is 0 Å². The van der Waals surface area contributed by atoms with Gasteiger partial charge in [-0.25, -0.2) is 4.39 Å². The van der Waals surface area contributed by atoms with Crippen molar-refractivity contribution in [2.24, 2.45) is 0 Å². The van der Waals surface area contributed by atoms with Crippen molar-refractivity contribution < 1.29 is 18.7 Å². The maximum Gasteiger partial charge on any atom is 0.238 e. The number of hydrogen-bond acceptors (Lipinski definition) is 4. The normalized spacial score (nSPS) is 10.5. The summed E-state index contributed by atoms with van der Waals surface area (Å²) in [5, 5.41) is 5.34. The van der Waals surface area contributed by atoms with Gasteiger partial charge in [0.15, 0.2) is 0 Å². The van der Waals surface area contributed by atoms with Crippen LogP contribution in [0.1, 0.15) is 6.92 Å². The van der Waals surface area contributed by atoms with E-state index in [1.807, 2.05) is 6.92 Å². The van der Waals surface area contributed by atoms with Crippen molar-refractivity contribution >= 4 is 23.2 Å². The highest BCUT2D eigenvalue weighted by Gasteiger charge is 2.11. The molecule has 0 saturated carbocycles. The Kier molecular flexibility index (Phi) is 7.11. The molecule has 7 heteroatoms. The molecule has 0 aromatic heterocycles. The summed E-state index contributed by atoms with van der Waals surface area (Å²) in [6.45, 7) is 2.53. The van der Waals surface area contributed by atoms with Crippen LogP contribution in [-0.4, -0.2) is 43.5 Å². The average Bonchev–Trinajstić information content (AvgIpc) is 2.56. The van der Waals surface area contributed by atoms with E-state index in [9.17, 15) is 14.0 Å². The van der Waals surface area contributed by atoms with Crippen molar-refractivity contribution in [3.63, 3.8) is 0 Å². The van der Waals surface area contributed by atoms with Gasteiger partial charge in [0.2, 0.25) is 11.8 Å². The third kappa shape index (κ3) is 6.52. The lowest BCUT2D eigenvalue weighted by molar-refractivity contribution is -0.119. The van der Waals surface area contributed by atoms with Gasteiger partial charge in [0.05, 0.1) is 19.7 Å². The van der Waals surface area contributed by atoms with E-state index in [-0.39, 0.29) is 24.9 Å². The van der Waals surface area contributed by atoms with Gasteiger partial charge < -0.3 is 15.4 Å². The molecule has 0 saturated heterocycles. The van der Waals surface area contributed by atoms with Gasteiger partial charge in [-0.3, -0.25) is 14.5 Å². The van der Waals surface area contributed by atoms with Crippen LogP contribution in [0.25, 0.3) is 0 Å². The minimum Gasteiger partial charge on any atom is -0.494 e. The fourth-order valence-corrected chi connectivity index (χ4v) is 2.31. The first-order valence-corrected chi connectivity index (χ1v) is 8.23. The third-order valence-electron chi connectivity index (χ3n) is 3.38. The van der Waals surface area contributed by atoms with Gasteiger partial charge in [-0.2, -0.15) is 0 Å². The summed E-state index contributed by atoms with van der Waals surface area (Å²) in [5.74, 6) is -0.260. The lowest BCUT2D eigenvalue weighted by atomic mass is 10.3. The molecule has 0 spiro atoms. The molecule has 2 aromatic carbocycles. The zero-order valence-electron chi connectivity index (χ0n) is 14.8. The Balaban J connectivity index is 1.78. The predicted molar refractivity (Wildman–Crippen MR) is 98.8 cm³/mol. The van der Waals surface area contributed by atoms with Gasteiger partial charge in [-0.1, -0.05) is 6.07 Å². The maximum atomic E-state index is 13.1. The van der Waals surface area contributed by atoms with Crippen LogP contribution < -0.4 is 15.4 Å². The summed E-state index contributed by atoms with van der Waals surface area (Å²) in [5.41, 5.74) is 1.03. The molecule has 138 valence electrons. The topological polar surface area (TPSA) is 70.7 Å². The summed E-state index contributed by atoms with van der Waals surface area (Å²) in [6.07, 6.45) is 0. The van der Waals surface area contributed by atoms with E-state index in [0.29, 0.717) is 18.0 Å². The number of nitrogens with one attached hydrogen (secondary N) is 2. The van der Waals surface area contributed by atoms with Gasteiger partial charge in [-0.15, -0.1) is 0 Å². The van der Waals surface area contributed by atoms with Crippen LogP contribution in [0.15, 0.2) is 48.5 Å². The van der Waals surface area contributed by atoms with Crippen molar-refractivity contribution in [1.82, 2.24) is 4.90 Å². The molecule has 0 fully saturated rings. The van der Waals surface area contributed by atoms with Crippen LogP contribution in [0.3, 0.4) is 0 Å². The van der Waals surface area contributed by atoms with E-state index in [1.54, 1.807) is 42.3 Å². The van der Waals surface area contributed by atoms with Crippen LogP contribution >= 0.6 is 0 Å². The van der Waals surface area contributed by atoms with Crippen molar-refractivity contribution in [3.8, 4) is 5.75 Å². The van der Waals surface area contributed by atoms with Crippen molar-refractivity contribution in [2.45, 2.75) is 6.92 Å². The molecule has 6 nitrogen and oxygen atoms in total. The summed E-state index contributed by atoms with van der Waals surface area (Å²) >= 11 is 0. The lowest BCUT2D eigenvalue weighted by Crippen LogP contribution is -2.36. The molecule has 0 aliphatic rings. The number of nitrogens with zero attached hydrogens (tertiary/aromatic N) is 1. The lowest BCUT2D eigenvalue weighted by Gasteiger charge is -2.16. The Bertz CT molecular complexity index is 750. The number of amides is 2. The van der Waals surface area contributed by atoms with Crippen LogP contribution in [0.5, 0.6) is 5.75 Å². The number of halogens is 1. The highest BCUT2D eigenvalue weighted by molar-refractivity contribution is 5.94. The molecule has 0 heterocycles. The molecular formula is C19H22FN3O3. The molecule has 26 heavy (non-hydrogen) atoms. The zero-order valence-corrected chi connectivity index (χ0v) is 14.8. The Morgan fingerprint density at radius 3 is 2.19 bits per heavy atom. The number of carbonyl (C=O) groups is 2. The number of anilines is 2. The number of ether oxygens (including phenoxy) is 1. The van der Waals surface area contributed by atoms with E-state index < -0.39 is 5.82 Å². The van der Waals surface area contributed by atoms with Crippen LogP contribution in [0.4, 0.5) is 15.8 Å².